The molecule has 0 aliphatic heterocycles. The molecular weight excluding hydrogens is 357 g/mol. The van der Waals surface area contributed by atoms with E-state index < -0.39 is 18.8 Å². The van der Waals surface area contributed by atoms with Gasteiger partial charge in [-0.1, -0.05) is 0 Å². The third-order valence-electron chi connectivity index (χ3n) is 3.49. The lowest BCUT2D eigenvalue weighted by atomic mass is 10.1. The second kappa shape index (κ2) is 6.87. The average Bonchev–Trinajstić information content (AvgIpc) is 2.92. The van der Waals surface area contributed by atoms with Gasteiger partial charge in [-0.3, -0.25) is 4.57 Å². The van der Waals surface area contributed by atoms with Crippen molar-refractivity contribution in [2.75, 3.05) is 6.61 Å². The van der Waals surface area contributed by atoms with E-state index in [9.17, 15) is 13.2 Å². The Morgan fingerprint density at radius 3 is 2.64 bits per heavy atom. The molecule has 0 aliphatic rings. The van der Waals surface area contributed by atoms with Gasteiger partial charge in [0.1, 0.15) is 5.52 Å². The fourth-order valence-electron chi connectivity index (χ4n) is 2.51. The van der Waals surface area contributed by atoms with Crippen molar-refractivity contribution in [1.29, 1.82) is 0 Å². The largest absolute Gasteiger partial charge is 0.459 e. The van der Waals surface area contributed by atoms with Crippen LogP contribution in [0.2, 0.25) is 5.28 Å². The number of benzene rings is 1. The van der Waals surface area contributed by atoms with Crippen LogP contribution in [0.4, 0.5) is 13.2 Å². The molecule has 2 aromatic heterocycles. The van der Waals surface area contributed by atoms with Crippen molar-refractivity contribution in [3.8, 4) is 17.3 Å². The predicted molar refractivity (Wildman–Crippen MR) is 87.6 cm³/mol. The molecule has 0 atom stereocenters. The lowest BCUT2D eigenvalue weighted by molar-refractivity contribution is 0.0746. The number of hydrogen-bond donors (Lipinski definition) is 0. The summed E-state index contributed by atoms with van der Waals surface area (Å²) < 4.78 is 46.0. The lowest BCUT2D eigenvalue weighted by Gasteiger charge is -2.13. The van der Waals surface area contributed by atoms with E-state index in [4.69, 9.17) is 16.3 Å². The zero-order valence-corrected chi connectivity index (χ0v) is 14.1. The highest BCUT2D eigenvalue weighted by molar-refractivity contribution is 6.28. The third-order valence-corrected chi connectivity index (χ3v) is 3.68. The minimum absolute atomic E-state index is 0.0383. The minimum Gasteiger partial charge on any atom is -0.459 e. The van der Waals surface area contributed by atoms with E-state index in [1.165, 1.54) is 12.3 Å². The average molecular weight is 371 g/mol. The van der Waals surface area contributed by atoms with Gasteiger partial charge in [-0.2, -0.15) is 4.98 Å². The first-order valence-electron chi connectivity index (χ1n) is 7.48. The van der Waals surface area contributed by atoms with Crippen molar-refractivity contribution in [3.63, 3.8) is 0 Å². The Bertz CT molecular complexity index is 914. The maximum atomic E-state index is 14.5. The Labute approximate surface area is 146 Å². The molecule has 0 fully saturated rings. The van der Waals surface area contributed by atoms with Gasteiger partial charge in [0.05, 0.1) is 11.2 Å². The summed E-state index contributed by atoms with van der Waals surface area (Å²) in [6.45, 7) is 2.83. The maximum absolute atomic E-state index is 14.5. The number of hydrogen-bond acceptors (Lipinski definition) is 4. The minimum atomic E-state index is -2.65. The summed E-state index contributed by atoms with van der Waals surface area (Å²) in [5.74, 6) is -0.608. The van der Waals surface area contributed by atoms with Crippen LogP contribution in [0.25, 0.3) is 22.3 Å². The molecule has 0 saturated heterocycles. The number of halogens is 4. The van der Waals surface area contributed by atoms with E-state index in [0.717, 1.165) is 0 Å². The van der Waals surface area contributed by atoms with Crippen molar-refractivity contribution in [2.45, 2.75) is 26.3 Å². The summed E-state index contributed by atoms with van der Waals surface area (Å²) in [7, 11) is 0. The first kappa shape index (κ1) is 17.5. The Morgan fingerprint density at radius 2 is 2.00 bits per heavy atom. The van der Waals surface area contributed by atoms with Crippen LogP contribution in [0.3, 0.4) is 0 Å². The smallest absolute Gasteiger partial charge is 0.297 e. The van der Waals surface area contributed by atoms with Crippen LogP contribution in [0.5, 0.6) is 6.01 Å². The maximum Gasteiger partial charge on any atom is 0.297 e. The molecule has 0 bridgehead atoms. The van der Waals surface area contributed by atoms with E-state index >= 15 is 0 Å². The van der Waals surface area contributed by atoms with Gasteiger partial charge in [0.25, 0.3) is 12.4 Å². The predicted octanol–water partition coefficient (Wildman–Crippen LogP) is 4.51. The number of nitrogens with zero attached hydrogens (tertiary/aromatic N) is 4. The first-order chi connectivity index (χ1) is 11.9. The third kappa shape index (κ3) is 3.53. The van der Waals surface area contributed by atoms with Crippen molar-refractivity contribution in [2.24, 2.45) is 0 Å². The Kier molecular flexibility index (Phi) is 4.80. The topological polar surface area (TPSA) is 52.8 Å². The quantitative estimate of drug-likeness (QED) is 0.620. The van der Waals surface area contributed by atoms with Gasteiger partial charge >= 0.3 is 0 Å². The molecule has 132 valence electrons. The molecule has 0 saturated carbocycles. The van der Waals surface area contributed by atoms with E-state index in [-0.39, 0.29) is 22.9 Å². The first-order valence-corrected chi connectivity index (χ1v) is 7.86. The fraction of sp³-hybridized carbons (Fsp3) is 0.312. The monoisotopic (exact) mass is 370 g/mol. The van der Waals surface area contributed by atoms with Crippen molar-refractivity contribution in [1.82, 2.24) is 19.5 Å². The van der Waals surface area contributed by atoms with Crippen LogP contribution in [0.15, 0.2) is 24.4 Å². The lowest BCUT2D eigenvalue weighted by Crippen LogP contribution is -2.12. The van der Waals surface area contributed by atoms with Crippen LogP contribution in [0.1, 0.15) is 19.9 Å². The number of imidazole rings is 1. The summed E-state index contributed by atoms with van der Waals surface area (Å²) >= 11 is 5.78. The van der Waals surface area contributed by atoms with Gasteiger partial charge in [0.15, 0.2) is 12.4 Å². The van der Waals surface area contributed by atoms with Gasteiger partial charge in [0.2, 0.25) is 5.28 Å². The highest BCUT2D eigenvalue weighted by Gasteiger charge is 2.20. The van der Waals surface area contributed by atoms with Gasteiger partial charge in [0, 0.05) is 17.8 Å². The second-order valence-corrected chi connectivity index (χ2v) is 5.93. The number of ether oxygens (including phenoxy) is 1. The van der Waals surface area contributed by atoms with E-state index in [2.05, 4.69) is 15.0 Å². The normalized spacial score (nSPS) is 11.7. The highest BCUT2D eigenvalue weighted by atomic mass is 35.5. The molecule has 25 heavy (non-hydrogen) atoms. The molecule has 5 nitrogen and oxygen atoms in total. The standard InChI is InChI=1S/C16H14ClF3N4O/c1-8(2)24-12-6-9(11-3-4-21-15(17)22-11)5-10(18)14(12)23-16(24)25-7-13(19)20/h3-6,8,13H,7H2,1-2H3. The van der Waals surface area contributed by atoms with Crippen molar-refractivity contribution >= 4 is 22.6 Å². The van der Waals surface area contributed by atoms with Crippen LogP contribution in [-0.4, -0.2) is 32.6 Å². The number of rotatable bonds is 5. The molecule has 9 heteroatoms. The molecule has 0 aliphatic carbocycles. The molecule has 0 spiro atoms. The summed E-state index contributed by atoms with van der Waals surface area (Å²) in [6, 6.07) is 4.29. The molecule has 2 heterocycles. The molecule has 0 unspecified atom stereocenters. The van der Waals surface area contributed by atoms with Gasteiger partial charge < -0.3 is 4.74 Å². The summed E-state index contributed by atoms with van der Waals surface area (Å²) in [5.41, 5.74) is 1.37. The van der Waals surface area contributed by atoms with Crippen LogP contribution < -0.4 is 4.74 Å². The van der Waals surface area contributed by atoms with Crippen molar-refractivity contribution in [3.05, 3.63) is 35.5 Å². The summed E-state index contributed by atoms with van der Waals surface area (Å²) in [4.78, 5) is 11.9. The van der Waals surface area contributed by atoms with Gasteiger partial charge in [-0.25, -0.2) is 23.1 Å². The number of alkyl halides is 2. The van der Waals surface area contributed by atoms with E-state index in [1.807, 2.05) is 13.8 Å². The summed E-state index contributed by atoms with van der Waals surface area (Å²) in [5, 5.41) is 0.0383. The molecule has 3 aromatic rings. The van der Waals surface area contributed by atoms with Crippen LogP contribution in [-0.2, 0) is 0 Å². The Morgan fingerprint density at radius 1 is 1.24 bits per heavy atom. The second-order valence-electron chi connectivity index (χ2n) is 5.60. The van der Waals surface area contributed by atoms with Crippen LogP contribution in [0, 0.1) is 5.82 Å². The molecule has 0 radical (unpaired) electrons. The molecule has 0 N–H and O–H groups in total. The molecule has 0 amide bonds. The number of fused-ring (bicyclic) bond motifs is 1. The van der Waals surface area contributed by atoms with Crippen LogP contribution >= 0.6 is 11.6 Å². The molecular formula is C16H14ClF3N4O. The highest BCUT2D eigenvalue weighted by Crippen LogP contribution is 2.31. The van der Waals surface area contributed by atoms with Gasteiger partial charge in [-0.15, -0.1) is 0 Å². The zero-order valence-electron chi connectivity index (χ0n) is 13.4. The Hall–Kier alpha value is -2.35. The van der Waals surface area contributed by atoms with E-state index in [0.29, 0.717) is 16.8 Å². The Balaban J connectivity index is 2.17. The SMILES string of the molecule is CC(C)n1c(OCC(F)F)nc2c(F)cc(-c3ccnc(Cl)n3)cc21. The molecule has 3 rings (SSSR count). The summed E-state index contributed by atoms with van der Waals surface area (Å²) in [6.07, 6.45) is -1.19. The fourth-order valence-corrected chi connectivity index (χ4v) is 2.66. The zero-order chi connectivity index (χ0) is 18.1. The van der Waals surface area contributed by atoms with Crippen molar-refractivity contribution < 1.29 is 17.9 Å². The van der Waals surface area contributed by atoms with Gasteiger partial charge in [-0.05, 0) is 43.6 Å². The molecule has 1 aromatic carbocycles. The van der Waals surface area contributed by atoms with E-state index in [1.54, 1.807) is 16.7 Å². The number of aromatic nitrogens is 4.